The summed E-state index contributed by atoms with van der Waals surface area (Å²) in [7, 11) is 0. The normalized spacial score (nSPS) is 14.8. The number of halogens is 3. The molecule has 1 aromatic heterocycles. The molecule has 0 atom stereocenters. The maximum Gasteiger partial charge on any atom is 0.260 e. The summed E-state index contributed by atoms with van der Waals surface area (Å²) in [6.07, 6.45) is 2.80. The number of amides is 2. The molecule has 2 N–H and O–H groups in total. The van der Waals surface area contributed by atoms with Crippen LogP contribution in [0.3, 0.4) is 0 Å². The van der Waals surface area contributed by atoms with E-state index in [-0.39, 0.29) is 35.1 Å². The van der Waals surface area contributed by atoms with Gasteiger partial charge >= 0.3 is 0 Å². The van der Waals surface area contributed by atoms with Gasteiger partial charge in [-0.1, -0.05) is 31.0 Å². The molecule has 4 rings (SSSR count). The lowest BCUT2D eigenvalue weighted by Crippen LogP contribution is -2.40. The molecule has 172 valence electrons. The predicted octanol–water partition coefficient (Wildman–Crippen LogP) is 4.98. The summed E-state index contributed by atoms with van der Waals surface area (Å²) in [5, 5.41) is 7.19. The van der Waals surface area contributed by atoms with Crippen molar-refractivity contribution in [2.75, 3.05) is 11.9 Å². The number of nitrogens with one attached hydrogen (secondary N) is 2. The SMILES string of the molecule is O=C(Cc1csc(NC(=O)c2ccccc2F)n1)NCC1(c2c(F)cccc2F)CCCC1. The van der Waals surface area contributed by atoms with Crippen molar-refractivity contribution in [1.82, 2.24) is 10.3 Å². The second kappa shape index (κ2) is 9.74. The highest BCUT2D eigenvalue weighted by molar-refractivity contribution is 7.14. The van der Waals surface area contributed by atoms with Gasteiger partial charge in [-0.05, 0) is 37.1 Å². The highest BCUT2D eigenvalue weighted by atomic mass is 32.1. The van der Waals surface area contributed by atoms with Crippen molar-refractivity contribution >= 4 is 28.3 Å². The van der Waals surface area contributed by atoms with E-state index in [4.69, 9.17) is 0 Å². The molecule has 1 fully saturated rings. The van der Waals surface area contributed by atoms with Crippen LogP contribution in [-0.4, -0.2) is 23.3 Å². The lowest BCUT2D eigenvalue weighted by molar-refractivity contribution is -0.120. The van der Waals surface area contributed by atoms with Crippen LogP contribution in [0.2, 0.25) is 0 Å². The number of thiazole rings is 1. The first-order valence-corrected chi connectivity index (χ1v) is 11.5. The Kier molecular flexibility index (Phi) is 6.78. The van der Waals surface area contributed by atoms with E-state index in [0.29, 0.717) is 18.5 Å². The van der Waals surface area contributed by atoms with Gasteiger partial charge in [-0.3, -0.25) is 14.9 Å². The van der Waals surface area contributed by atoms with Crippen molar-refractivity contribution in [3.63, 3.8) is 0 Å². The molecule has 1 aliphatic carbocycles. The average Bonchev–Trinajstić information content (AvgIpc) is 3.43. The van der Waals surface area contributed by atoms with Gasteiger partial charge < -0.3 is 5.32 Å². The molecule has 2 amide bonds. The van der Waals surface area contributed by atoms with Gasteiger partial charge in [-0.25, -0.2) is 18.2 Å². The topological polar surface area (TPSA) is 71.1 Å². The van der Waals surface area contributed by atoms with Crippen molar-refractivity contribution in [2.45, 2.75) is 37.5 Å². The maximum atomic E-state index is 14.5. The molecule has 0 spiro atoms. The molecule has 0 aliphatic heterocycles. The van der Waals surface area contributed by atoms with Crippen LogP contribution >= 0.6 is 11.3 Å². The van der Waals surface area contributed by atoms with Crippen molar-refractivity contribution in [2.24, 2.45) is 0 Å². The molecular formula is C24H22F3N3O2S. The largest absolute Gasteiger partial charge is 0.355 e. The number of carbonyl (C=O) groups is 2. The Morgan fingerprint density at radius 3 is 2.33 bits per heavy atom. The number of rotatable bonds is 7. The van der Waals surface area contributed by atoms with E-state index in [0.717, 1.165) is 24.2 Å². The summed E-state index contributed by atoms with van der Waals surface area (Å²) in [5.41, 5.74) is -0.408. The van der Waals surface area contributed by atoms with Gasteiger partial charge in [0.1, 0.15) is 17.5 Å². The number of hydrogen-bond acceptors (Lipinski definition) is 4. The summed E-state index contributed by atoms with van der Waals surface area (Å²) < 4.78 is 42.7. The van der Waals surface area contributed by atoms with Crippen LogP contribution in [0.1, 0.15) is 47.3 Å². The smallest absolute Gasteiger partial charge is 0.260 e. The summed E-state index contributed by atoms with van der Waals surface area (Å²) in [6, 6.07) is 9.42. The van der Waals surface area contributed by atoms with Gasteiger partial charge in [0.2, 0.25) is 5.91 Å². The number of nitrogens with zero attached hydrogens (tertiary/aromatic N) is 1. The third-order valence-electron chi connectivity index (χ3n) is 5.91. The van der Waals surface area contributed by atoms with Gasteiger partial charge in [-0.15, -0.1) is 11.3 Å². The lowest BCUT2D eigenvalue weighted by Gasteiger charge is -2.30. The molecule has 9 heteroatoms. The summed E-state index contributed by atoms with van der Waals surface area (Å²) in [6.45, 7) is 0.130. The second-order valence-corrected chi connectivity index (χ2v) is 8.97. The quantitative estimate of drug-likeness (QED) is 0.508. The van der Waals surface area contributed by atoms with E-state index < -0.39 is 28.8 Å². The fraction of sp³-hybridized carbons (Fsp3) is 0.292. The summed E-state index contributed by atoms with van der Waals surface area (Å²) in [4.78, 5) is 29.0. The van der Waals surface area contributed by atoms with Crippen LogP contribution in [-0.2, 0) is 16.6 Å². The first kappa shape index (κ1) is 23.0. The number of anilines is 1. The zero-order chi connectivity index (χ0) is 23.4. The van der Waals surface area contributed by atoms with Crippen LogP contribution in [0.15, 0.2) is 47.8 Å². The van der Waals surface area contributed by atoms with Gasteiger partial charge in [-0.2, -0.15) is 0 Å². The Morgan fingerprint density at radius 2 is 1.64 bits per heavy atom. The molecule has 1 aliphatic rings. The monoisotopic (exact) mass is 473 g/mol. The zero-order valence-corrected chi connectivity index (χ0v) is 18.5. The lowest BCUT2D eigenvalue weighted by atomic mass is 9.78. The number of hydrogen-bond donors (Lipinski definition) is 2. The predicted molar refractivity (Wildman–Crippen MR) is 120 cm³/mol. The van der Waals surface area contributed by atoms with Gasteiger partial charge in [0.15, 0.2) is 5.13 Å². The maximum absolute atomic E-state index is 14.5. The van der Waals surface area contributed by atoms with E-state index in [1.165, 1.54) is 36.4 Å². The average molecular weight is 474 g/mol. The van der Waals surface area contributed by atoms with Gasteiger partial charge in [0, 0.05) is 22.9 Å². The van der Waals surface area contributed by atoms with Crippen molar-refractivity contribution < 1.29 is 22.8 Å². The third-order valence-corrected chi connectivity index (χ3v) is 6.72. The summed E-state index contributed by atoms with van der Waals surface area (Å²) >= 11 is 1.12. The van der Waals surface area contributed by atoms with Crippen molar-refractivity contribution in [3.05, 3.63) is 82.1 Å². The van der Waals surface area contributed by atoms with Gasteiger partial charge in [0.25, 0.3) is 5.91 Å². The fourth-order valence-electron chi connectivity index (χ4n) is 4.32. The third kappa shape index (κ3) is 5.08. The Hall–Kier alpha value is -3.20. The van der Waals surface area contributed by atoms with Crippen molar-refractivity contribution in [3.8, 4) is 0 Å². The summed E-state index contributed by atoms with van der Waals surface area (Å²) in [5.74, 6) is -2.80. The molecular weight excluding hydrogens is 451 g/mol. The van der Waals surface area contributed by atoms with E-state index >= 15 is 0 Å². The molecule has 1 heterocycles. The number of benzene rings is 2. The van der Waals surface area contributed by atoms with E-state index in [1.54, 1.807) is 11.4 Å². The minimum Gasteiger partial charge on any atom is -0.355 e. The van der Waals surface area contributed by atoms with Crippen LogP contribution in [0.4, 0.5) is 18.3 Å². The molecule has 0 unspecified atom stereocenters. The number of carbonyl (C=O) groups excluding carboxylic acids is 2. The standard InChI is InChI=1S/C24H22F3N3O2S/c25-17-7-2-1-6-16(17)22(32)30-23-29-15(13-33-23)12-20(31)28-14-24(10-3-4-11-24)21-18(26)8-5-9-19(21)27/h1-2,5-9,13H,3-4,10-12,14H2,(H,28,31)(H,29,30,32). The molecule has 0 bridgehead atoms. The minimum absolute atomic E-state index is 0.0367. The van der Waals surface area contributed by atoms with Crippen LogP contribution < -0.4 is 10.6 Å². The Morgan fingerprint density at radius 1 is 0.970 bits per heavy atom. The fourth-order valence-corrected chi connectivity index (χ4v) is 5.03. The van der Waals surface area contributed by atoms with Crippen LogP contribution in [0.5, 0.6) is 0 Å². The first-order valence-electron chi connectivity index (χ1n) is 10.6. The Bertz CT molecular complexity index is 1160. The molecule has 1 saturated carbocycles. The van der Waals surface area contributed by atoms with Crippen LogP contribution in [0, 0.1) is 17.5 Å². The van der Waals surface area contributed by atoms with E-state index in [2.05, 4.69) is 15.6 Å². The highest BCUT2D eigenvalue weighted by Gasteiger charge is 2.40. The second-order valence-electron chi connectivity index (χ2n) is 8.12. The molecule has 2 aromatic carbocycles. The molecule has 5 nitrogen and oxygen atoms in total. The molecule has 33 heavy (non-hydrogen) atoms. The Balaban J connectivity index is 1.38. The van der Waals surface area contributed by atoms with E-state index in [9.17, 15) is 22.8 Å². The Labute approximate surface area is 193 Å². The van der Waals surface area contributed by atoms with Crippen LogP contribution in [0.25, 0.3) is 0 Å². The molecule has 0 saturated heterocycles. The zero-order valence-electron chi connectivity index (χ0n) is 17.7. The molecule has 0 radical (unpaired) electrons. The minimum atomic E-state index is -0.772. The first-order chi connectivity index (χ1) is 15.9. The van der Waals surface area contributed by atoms with Gasteiger partial charge in [0.05, 0.1) is 17.7 Å². The molecule has 3 aromatic rings. The van der Waals surface area contributed by atoms with Crippen molar-refractivity contribution in [1.29, 1.82) is 0 Å². The van der Waals surface area contributed by atoms with E-state index in [1.807, 2.05) is 0 Å². The number of aromatic nitrogens is 1. The highest BCUT2D eigenvalue weighted by Crippen LogP contribution is 2.42.